The Kier molecular flexibility index (Phi) is 5.60. The Morgan fingerprint density at radius 1 is 1.33 bits per heavy atom. The van der Waals surface area contributed by atoms with Crippen LogP contribution in [0.25, 0.3) is 11.0 Å². The zero-order chi connectivity index (χ0) is 16.8. The molecule has 3 rings (SSSR count). The summed E-state index contributed by atoms with van der Waals surface area (Å²) in [5.74, 6) is 0. The molecule has 1 aliphatic rings. The third-order valence-electron chi connectivity index (χ3n) is 4.04. The number of nitrogens with zero attached hydrogens (tertiary/aromatic N) is 3. The van der Waals surface area contributed by atoms with Crippen molar-refractivity contribution in [2.75, 3.05) is 32.8 Å². The summed E-state index contributed by atoms with van der Waals surface area (Å²) in [4.78, 5) is 13.7. The fourth-order valence-corrected chi connectivity index (χ4v) is 2.85. The molecule has 2 heterocycles. The van der Waals surface area contributed by atoms with Crippen molar-refractivity contribution in [2.45, 2.75) is 26.0 Å². The van der Waals surface area contributed by atoms with Gasteiger partial charge >= 0.3 is 6.03 Å². The van der Waals surface area contributed by atoms with Gasteiger partial charge < -0.3 is 15.4 Å². The normalized spacial score (nSPS) is 18.6. The van der Waals surface area contributed by atoms with Gasteiger partial charge in [0.1, 0.15) is 11.0 Å². The van der Waals surface area contributed by atoms with Crippen molar-refractivity contribution >= 4 is 17.1 Å². The van der Waals surface area contributed by atoms with E-state index in [-0.39, 0.29) is 12.1 Å². The van der Waals surface area contributed by atoms with Crippen LogP contribution in [0.2, 0.25) is 0 Å². The number of ether oxygens (including phenoxy) is 1. The highest BCUT2D eigenvalue weighted by Gasteiger charge is 2.20. The van der Waals surface area contributed by atoms with Gasteiger partial charge in [-0.2, -0.15) is 0 Å². The molecule has 130 valence electrons. The second-order valence-corrected chi connectivity index (χ2v) is 5.89. The van der Waals surface area contributed by atoms with Gasteiger partial charge in [0.25, 0.3) is 0 Å². The third-order valence-corrected chi connectivity index (χ3v) is 4.04. The van der Waals surface area contributed by atoms with E-state index >= 15 is 0 Å². The first kappa shape index (κ1) is 16.7. The number of morpholine rings is 1. The van der Waals surface area contributed by atoms with E-state index in [0.29, 0.717) is 19.7 Å². The molecule has 0 bridgehead atoms. The van der Waals surface area contributed by atoms with Crippen LogP contribution in [0.15, 0.2) is 22.8 Å². The van der Waals surface area contributed by atoms with Crippen molar-refractivity contribution in [3.8, 4) is 0 Å². The Labute approximate surface area is 140 Å². The highest BCUT2D eigenvalue weighted by molar-refractivity contribution is 5.74. The van der Waals surface area contributed by atoms with Gasteiger partial charge in [0.2, 0.25) is 0 Å². The Morgan fingerprint density at radius 3 is 3.08 bits per heavy atom. The molecule has 2 N–H and O–H groups in total. The topological polar surface area (TPSA) is 92.5 Å². The van der Waals surface area contributed by atoms with Crippen molar-refractivity contribution < 1.29 is 14.2 Å². The minimum Gasteiger partial charge on any atom is -0.375 e. The first-order chi connectivity index (χ1) is 11.7. The number of rotatable bonds is 6. The quantitative estimate of drug-likeness (QED) is 0.823. The van der Waals surface area contributed by atoms with Gasteiger partial charge in [0.05, 0.1) is 12.7 Å². The van der Waals surface area contributed by atoms with Crippen molar-refractivity contribution in [1.82, 2.24) is 25.8 Å². The molecular weight excluding hydrogens is 310 g/mol. The van der Waals surface area contributed by atoms with Crippen LogP contribution in [0.5, 0.6) is 0 Å². The summed E-state index contributed by atoms with van der Waals surface area (Å²) in [5, 5.41) is 13.3. The van der Waals surface area contributed by atoms with E-state index in [1.807, 2.05) is 25.1 Å². The summed E-state index contributed by atoms with van der Waals surface area (Å²) in [5.41, 5.74) is 2.73. The van der Waals surface area contributed by atoms with Gasteiger partial charge in [0.15, 0.2) is 0 Å². The van der Waals surface area contributed by atoms with Gasteiger partial charge in [-0.05, 0) is 41.4 Å². The second-order valence-electron chi connectivity index (χ2n) is 5.89. The maximum Gasteiger partial charge on any atom is 0.314 e. The Bertz CT molecular complexity index is 675. The predicted molar refractivity (Wildman–Crippen MR) is 88.5 cm³/mol. The third kappa shape index (κ3) is 4.42. The summed E-state index contributed by atoms with van der Waals surface area (Å²) >= 11 is 0. The lowest BCUT2D eigenvalue weighted by atomic mass is 10.1. The summed E-state index contributed by atoms with van der Waals surface area (Å²) in [7, 11) is 0. The largest absolute Gasteiger partial charge is 0.375 e. The molecule has 1 fully saturated rings. The van der Waals surface area contributed by atoms with Gasteiger partial charge in [-0.25, -0.2) is 9.42 Å². The molecule has 1 atom stereocenters. The first-order valence-electron chi connectivity index (χ1n) is 8.31. The molecule has 1 aliphatic heterocycles. The molecular formula is C16H23N5O3. The van der Waals surface area contributed by atoms with Crippen molar-refractivity contribution in [3.05, 3.63) is 23.8 Å². The Morgan fingerprint density at radius 2 is 2.21 bits per heavy atom. The van der Waals surface area contributed by atoms with Gasteiger partial charge in [-0.15, -0.1) is 0 Å². The first-order valence-corrected chi connectivity index (χ1v) is 8.31. The van der Waals surface area contributed by atoms with E-state index < -0.39 is 0 Å². The SMILES string of the molecule is CCNC(=O)NCC[C@@H]1CN(Cc2ccc3nonc3c2)CCO1. The van der Waals surface area contributed by atoms with Crippen LogP contribution in [0.4, 0.5) is 4.79 Å². The molecule has 0 spiro atoms. The van der Waals surface area contributed by atoms with Crippen LogP contribution in [0, 0.1) is 0 Å². The zero-order valence-corrected chi connectivity index (χ0v) is 13.8. The molecule has 1 aromatic heterocycles. The molecule has 1 aromatic carbocycles. The summed E-state index contributed by atoms with van der Waals surface area (Å²) < 4.78 is 10.5. The summed E-state index contributed by atoms with van der Waals surface area (Å²) in [6.45, 7) is 6.44. The highest BCUT2D eigenvalue weighted by Crippen LogP contribution is 2.16. The van der Waals surface area contributed by atoms with Crippen molar-refractivity contribution in [2.24, 2.45) is 0 Å². The van der Waals surface area contributed by atoms with Gasteiger partial charge in [0, 0.05) is 32.7 Å². The number of benzene rings is 1. The van der Waals surface area contributed by atoms with Crippen molar-refractivity contribution in [3.63, 3.8) is 0 Å². The molecule has 8 heteroatoms. The fourth-order valence-electron chi connectivity index (χ4n) is 2.85. The molecule has 8 nitrogen and oxygen atoms in total. The van der Waals surface area contributed by atoms with Crippen LogP contribution in [0.3, 0.4) is 0 Å². The number of hydrogen-bond acceptors (Lipinski definition) is 6. The van der Waals surface area contributed by atoms with Gasteiger partial charge in [-0.3, -0.25) is 4.90 Å². The van der Waals surface area contributed by atoms with E-state index in [1.165, 1.54) is 5.56 Å². The van der Waals surface area contributed by atoms with Gasteiger partial charge in [-0.1, -0.05) is 6.07 Å². The fraction of sp³-hybridized carbons (Fsp3) is 0.562. The molecule has 24 heavy (non-hydrogen) atoms. The molecule has 1 saturated heterocycles. The lowest BCUT2D eigenvalue weighted by Gasteiger charge is -2.33. The number of nitrogens with one attached hydrogen (secondary N) is 2. The molecule has 2 amide bonds. The van der Waals surface area contributed by atoms with E-state index in [9.17, 15) is 4.79 Å². The monoisotopic (exact) mass is 333 g/mol. The van der Waals surface area contributed by atoms with Crippen LogP contribution >= 0.6 is 0 Å². The number of amides is 2. The number of fused-ring (bicyclic) bond motifs is 1. The Hall–Kier alpha value is -2.19. The molecule has 0 radical (unpaired) electrons. The average Bonchev–Trinajstić information content (AvgIpc) is 3.03. The lowest BCUT2D eigenvalue weighted by molar-refractivity contribution is -0.0340. The predicted octanol–water partition coefficient (Wildman–Crippen LogP) is 1.13. The van der Waals surface area contributed by atoms with E-state index in [2.05, 4.69) is 25.8 Å². The Balaban J connectivity index is 1.47. The maximum absolute atomic E-state index is 11.4. The average molecular weight is 333 g/mol. The van der Waals surface area contributed by atoms with E-state index in [1.54, 1.807) is 0 Å². The number of hydrogen-bond donors (Lipinski definition) is 2. The standard InChI is InChI=1S/C16H23N5O3/c1-2-17-16(22)18-6-5-13-11-21(7-8-23-13)10-12-3-4-14-15(9-12)20-24-19-14/h3-4,9,13H,2,5-8,10-11H2,1H3,(H2,17,18,22)/t13-/m1/s1. The van der Waals surface area contributed by atoms with E-state index in [0.717, 1.165) is 37.1 Å². The zero-order valence-electron chi connectivity index (χ0n) is 13.8. The van der Waals surface area contributed by atoms with Crippen molar-refractivity contribution in [1.29, 1.82) is 0 Å². The number of urea groups is 1. The van der Waals surface area contributed by atoms with Crippen LogP contribution in [-0.4, -0.2) is 60.1 Å². The number of carbonyl (C=O) groups excluding carboxylic acids is 1. The number of carbonyl (C=O) groups is 1. The van der Waals surface area contributed by atoms with Crippen LogP contribution < -0.4 is 10.6 Å². The minimum atomic E-state index is -0.125. The summed E-state index contributed by atoms with van der Waals surface area (Å²) in [6.07, 6.45) is 0.943. The minimum absolute atomic E-state index is 0.125. The van der Waals surface area contributed by atoms with Crippen LogP contribution in [-0.2, 0) is 11.3 Å². The maximum atomic E-state index is 11.4. The summed E-state index contributed by atoms with van der Waals surface area (Å²) in [6, 6.07) is 5.86. The highest BCUT2D eigenvalue weighted by atomic mass is 16.6. The molecule has 0 aliphatic carbocycles. The molecule has 2 aromatic rings. The van der Waals surface area contributed by atoms with Crippen LogP contribution in [0.1, 0.15) is 18.9 Å². The molecule has 0 unspecified atom stereocenters. The smallest absolute Gasteiger partial charge is 0.314 e. The molecule has 0 saturated carbocycles. The second kappa shape index (κ2) is 8.07. The number of aromatic nitrogens is 2. The lowest BCUT2D eigenvalue weighted by Crippen LogP contribution is -2.44. The van der Waals surface area contributed by atoms with E-state index in [4.69, 9.17) is 9.37 Å².